The third-order valence-corrected chi connectivity index (χ3v) is 6.23. The predicted octanol–water partition coefficient (Wildman–Crippen LogP) is 4.54. The number of hydrogen-bond donors (Lipinski definition) is 2. The van der Waals surface area contributed by atoms with Crippen LogP contribution in [-0.2, 0) is 14.2 Å². The van der Waals surface area contributed by atoms with Gasteiger partial charge in [0.05, 0.1) is 18.6 Å². The van der Waals surface area contributed by atoms with Crippen LogP contribution in [-0.4, -0.2) is 77.2 Å². The second-order valence-electron chi connectivity index (χ2n) is 11.1. The zero-order valence-electron chi connectivity index (χ0n) is 22.2. The van der Waals surface area contributed by atoms with Crippen molar-refractivity contribution in [2.45, 2.75) is 95.6 Å². The van der Waals surface area contributed by atoms with Gasteiger partial charge in [0.2, 0.25) is 0 Å². The quantitative estimate of drug-likeness (QED) is 0.499. The van der Waals surface area contributed by atoms with Crippen LogP contribution in [0.2, 0.25) is 0 Å². The Morgan fingerprint density at radius 2 is 1.79 bits per heavy atom. The second-order valence-corrected chi connectivity index (χ2v) is 12.0. The molecule has 2 unspecified atom stereocenters. The Bertz CT molecular complexity index is 1110. The number of imide groups is 1. The van der Waals surface area contributed by atoms with E-state index in [1.807, 2.05) is 0 Å². The summed E-state index contributed by atoms with van der Waals surface area (Å²) < 4.78 is 32.9. The molecule has 0 saturated carbocycles. The van der Waals surface area contributed by atoms with Gasteiger partial charge < -0.3 is 29.0 Å². The highest BCUT2D eigenvalue weighted by molar-refractivity contribution is 6.69. The van der Waals surface area contributed by atoms with E-state index in [9.17, 15) is 19.8 Å². The average molecular weight is 579 g/mol. The number of carbonyl (C=O) groups is 2. The first-order valence-corrected chi connectivity index (χ1v) is 12.7. The van der Waals surface area contributed by atoms with E-state index < -0.39 is 59.5 Å². The van der Waals surface area contributed by atoms with Crippen LogP contribution in [0.5, 0.6) is 0 Å². The molecule has 2 amide bonds. The SMILES string of the molecule is CC1C/C=C(N(C(=O)OC(C)(C)C)C(=O)OC(C)(C)C)/N=C(/Cl)c2ncn([C@@H]3O[C@H](CO)C(O)[C@]3(F)Cl)c21. The Kier molecular flexibility index (Phi) is 8.55. The summed E-state index contributed by atoms with van der Waals surface area (Å²) in [6.45, 7) is 11.0. The average Bonchev–Trinajstić information content (AvgIpc) is 3.27. The largest absolute Gasteiger partial charge is 0.443 e. The van der Waals surface area contributed by atoms with E-state index in [1.54, 1.807) is 48.5 Å². The van der Waals surface area contributed by atoms with E-state index in [0.717, 1.165) is 0 Å². The third kappa shape index (κ3) is 6.31. The number of fused-ring (bicyclic) bond motifs is 1. The molecule has 212 valence electrons. The molecule has 2 aliphatic rings. The number of amides is 2. The van der Waals surface area contributed by atoms with Crippen LogP contribution in [0.25, 0.3) is 0 Å². The first kappa shape index (κ1) is 30.3. The fourth-order valence-electron chi connectivity index (χ4n) is 3.93. The van der Waals surface area contributed by atoms with E-state index in [2.05, 4.69) is 9.98 Å². The van der Waals surface area contributed by atoms with Crippen LogP contribution in [0.4, 0.5) is 14.0 Å². The molecule has 2 N–H and O–H groups in total. The van der Waals surface area contributed by atoms with Gasteiger partial charge in [-0.2, -0.15) is 4.90 Å². The summed E-state index contributed by atoms with van der Waals surface area (Å²) in [6, 6.07) is 0. The van der Waals surface area contributed by atoms with Crippen molar-refractivity contribution in [2.75, 3.05) is 6.61 Å². The van der Waals surface area contributed by atoms with E-state index >= 15 is 4.39 Å². The van der Waals surface area contributed by atoms with Crippen LogP contribution in [0.3, 0.4) is 0 Å². The van der Waals surface area contributed by atoms with Crippen molar-refractivity contribution in [1.82, 2.24) is 14.5 Å². The molecule has 1 fully saturated rings. The van der Waals surface area contributed by atoms with Crippen molar-refractivity contribution in [1.29, 1.82) is 0 Å². The van der Waals surface area contributed by atoms with Crippen molar-refractivity contribution in [3.05, 3.63) is 29.6 Å². The summed E-state index contributed by atoms with van der Waals surface area (Å²) in [5.41, 5.74) is -1.35. The van der Waals surface area contributed by atoms with E-state index in [4.69, 9.17) is 37.4 Å². The van der Waals surface area contributed by atoms with Gasteiger partial charge in [0.1, 0.15) is 34.9 Å². The molecular formula is C24H33Cl2FN4O7. The number of aliphatic hydroxyl groups is 2. The Labute approximate surface area is 230 Å². The molecule has 0 bridgehead atoms. The number of ether oxygens (including phenoxy) is 3. The lowest BCUT2D eigenvalue weighted by Gasteiger charge is -2.29. The number of allylic oxidation sites excluding steroid dienone is 1. The molecule has 38 heavy (non-hydrogen) atoms. The van der Waals surface area contributed by atoms with E-state index in [-0.39, 0.29) is 23.1 Å². The van der Waals surface area contributed by atoms with Gasteiger partial charge in [-0.15, -0.1) is 0 Å². The van der Waals surface area contributed by atoms with E-state index in [1.165, 1.54) is 17.0 Å². The minimum absolute atomic E-state index is 0.121. The highest BCUT2D eigenvalue weighted by Gasteiger charge is 2.57. The van der Waals surface area contributed by atoms with Crippen molar-refractivity contribution < 1.29 is 38.4 Å². The maximum absolute atomic E-state index is 15.3. The normalized spacial score (nSPS) is 30.7. The molecule has 11 nitrogen and oxygen atoms in total. The van der Waals surface area contributed by atoms with Gasteiger partial charge in [-0.05, 0) is 54.0 Å². The van der Waals surface area contributed by atoms with Gasteiger partial charge in [-0.1, -0.05) is 30.1 Å². The molecule has 0 aromatic carbocycles. The molecule has 0 radical (unpaired) electrons. The molecule has 1 saturated heterocycles. The molecule has 0 aliphatic carbocycles. The minimum atomic E-state index is -2.77. The number of nitrogens with zero attached hydrogens (tertiary/aromatic N) is 4. The monoisotopic (exact) mass is 578 g/mol. The van der Waals surface area contributed by atoms with E-state index in [0.29, 0.717) is 10.6 Å². The Hall–Kier alpha value is -2.25. The topological polar surface area (TPSA) is 136 Å². The number of rotatable bonds is 3. The van der Waals surface area contributed by atoms with Crippen molar-refractivity contribution in [3.63, 3.8) is 0 Å². The summed E-state index contributed by atoms with van der Waals surface area (Å²) in [7, 11) is 0. The van der Waals surface area contributed by atoms with Gasteiger partial charge in [0.15, 0.2) is 11.4 Å². The number of halogens is 3. The smallest absolute Gasteiger partial charge is 0.425 e. The van der Waals surface area contributed by atoms with Gasteiger partial charge >= 0.3 is 12.2 Å². The molecule has 1 aromatic heterocycles. The van der Waals surface area contributed by atoms with Crippen LogP contribution in [0, 0.1) is 0 Å². The summed E-state index contributed by atoms with van der Waals surface area (Å²) in [5, 5.41) is 16.7. The summed E-state index contributed by atoms with van der Waals surface area (Å²) in [5.74, 6) is -0.581. The van der Waals surface area contributed by atoms with Crippen LogP contribution in [0.15, 0.2) is 23.2 Å². The highest BCUT2D eigenvalue weighted by atomic mass is 35.5. The minimum Gasteiger partial charge on any atom is -0.443 e. The molecular weight excluding hydrogens is 546 g/mol. The fourth-order valence-corrected chi connectivity index (χ4v) is 4.46. The van der Waals surface area contributed by atoms with Crippen molar-refractivity contribution in [2.24, 2.45) is 4.99 Å². The van der Waals surface area contributed by atoms with Gasteiger partial charge in [0, 0.05) is 5.92 Å². The summed E-state index contributed by atoms with van der Waals surface area (Å²) in [4.78, 5) is 35.3. The molecule has 3 heterocycles. The fraction of sp³-hybridized carbons (Fsp3) is 0.667. The predicted molar refractivity (Wildman–Crippen MR) is 137 cm³/mol. The maximum Gasteiger partial charge on any atom is 0.425 e. The second kappa shape index (κ2) is 10.7. The molecule has 14 heteroatoms. The van der Waals surface area contributed by atoms with Crippen LogP contribution < -0.4 is 0 Å². The van der Waals surface area contributed by atoms with Crippen molar-refractivity contribution in [3.8, 4) is 0 Å². The van der Waals surface area contributed by atoms with Gasteiger partial charge in [-0.25, -0.2) is 24.0 Å². The maximum atomic E-state index is 15.3. The summed E-state index contributed by atoms with van der Waals surface area (Å²) in [6.07, 6.45) is -3.70. The first-order valence-electron chi connectivity index (χ1n) is 12.0. The van der Waals surface area contributed by atoms with Gasteiger partial charge in [0.25, 0.3) is 5.13 Å². The molecule has 0 spiro atoms. The zero-order valence-corrected chi connectivity index (χ0v) is 23.7. The standard InChI is InChI=1S/C24H33Cl2FN4O7/c1-12-8-9-14(31(20(34)37-22(2,3)4)21(35)38-23(5,6)7)29-18(25)15-16(12)30(11-28-15)19-24(26,27)17(33)13(10-32)36-19/h9,11-13,17,19,32-33H,8,10H2,1-7H3/b14-9-,29-18+/t12?,13-,17?,19-,24-/m1/s1. The number of aromatic nitrogens is 2. The zero-order chi connectivity index (χ0) is 28.8. The number of carbonyl (C=O) groups excluding carboxylic acids is 2. The third-order valence-electron chi connectivity index (χ3n) is 5.55. The lowest BCUT2D eigenvalue weighted by atomic mass is 10.00. The molecule has 1 aromatic rings. The Balaban J connectivity index is 2.05. The lowest BCUT2D eigenvalue weighted by molar-refractivity contribution is -0.0510. The number of aliphatic hydroxyl groups excluding tert-OH is 2. The Morgan fingerprint density at radius 1 is 1.24 bits per heavy atom. The van der Waals surface area contributed by atoms with Gasteiger partial charge in [-0.3, -0.25) is 0 Å². The molecule has 5 atom stereocenters. The lowest BCUT2D eigenvalue weighted by Crippen LogP contribution is -2.43. The number of hydrogen-bond acceptors (Lipinski definition) is 9. The summed E-state index contributed by atoms with van der Waals surface area (Å²) >= 11 is 12.5. The molecule has 2 aliphatic heterocycles. The Morgan fingerprint density at radius 3 is 2.26 bits per heavy atom. The first-order chi connectivity index (χ1) is 17.4. The molecule has 3 rings (SSSR count). The number of aliphatic imine (C=N–C) groups is 1. The van der Waals surface area contributed by atoms with Crippen LogP contribution in [0.1, 0.15) is 78.4 Å². The van der Waals surface area contributed by atoms with Crippen LogP contribution >= 0.6 is 23.2 Å². The highest BCUT2D eigenvalue weighted by Crippen LogP contribution is 2.46. The number of alkyl halides is 2. The van der Waals surface area contributed by atoms with Crippen molar-refractivity contribution >= 4 is 40.6 Å². The number of imidazole rings is 1.